The third kappa shape index (κ3) is 4.24. The molecule has 2 atom stereocenters. The van der Waals surface area contributed by atoms with Gasteiger partial charge in [-0.25, -0.2) is 4.79 Å². The second kappa shape index (κ2) is 8.68. The molecule has 0 radical (unpaired) electrons. The number of β-lactam (4-membered cyclic amide) rings is 1. The zero-order valence-corrected chi connectivity index (χ0v) is 23.6. The van der Waals surface area contributed by atoms with Gasteiger partial charge in [-0.3, -0.25) is 9.69 Å². The highest BCUT2D eigenvalue weighted by Gasteiger charge is 2.64. The molecule has 7 heteroatoms. The predicted octanol–water partition coefficient (Wildman–Crippen LogP) is 5.44. The first-order chi connectivity index (χ1) is 15.9. The predicted molar refractivity (Wildman–Crippen MR) is 142 cm³/mol. The van der Waals surface area contributed by atoms with E-state index in [0.717, 1.165) is 16.7 Å². The minimum atomic E-state index is -1.67. The molecule has 2 aromatic carbocycles. The molecule has 4 rings (SSSR count). The van der Waals surface area contributed by atoms with Crippen LogP contribution in [0.5, 0.6) is 0 Å². The summed E-state index contributed by atoms with van der Waals surface area (Å²) in [6.45, 7) is 17.1. The van der Waals surface area contributed by atoms with Crippen molar-refractivity contribution < 1.29 is 14.3 Å². The molecule has 34 heavy (non-hydrogen) atoms. The maximum absolute atomic E-state index is 14.4. The highest BCUT2D eigenvalue weighted by atomic mass is 28.4. The van der Waals surface area contributed by atoms with Crippen LogP contribution >= 0.6 is 0 Å². The Morgan fingerprint density at radius 3 is 2.09 bits per heavy atom. The number of amides is 2. The lowest BCUT2D eigenvalue weighted by Gasteiger charge is -2.60. The van der Waals surface area contributed by atoms with Crippen LogP contribution in [0, 0.1) is 6.92 Å². The Kier molecular flexibility index (Phi) is 6.31. The Hall–Kier alpha value is -2.39. The van der Waals surface area contributed by atoms with Gasteiger partial charge in [0.15, 0.2) is 0 Å². The standard InChI is InChI=1S/C27H38N2O3Si2/c1-20-13-11-12-16-22(20)17-27(19-28(24(27)30)26(33(2,3)4)34(5,6)7)29-23(18-32-25(29)31)21-14-9-8-10-15-21/h8-16,23,26H,17-19H2,1-7H3/t23-,27+/m1/s1. The first kappa shape index (κ1) is 24.7. The lowest BCUT2D eigenvalue weighted by molar-refractivity contribution is -0.162. The van der Waals surface area contributed by atoms with Crippen molar-refractivity contribution in [1.29, 1.82) is 0 Å². The van der Waals surface area contributed by atoms with Crippen molar-refractivity contribution in [2.24, 2.45) is 0 Å². The molecule has 182 valence electrons. The molecule has 5 nitrogen and oxygen atoms in total. The van der Waals surface area contributed by atoms with Gasteiger partial charge in [0.25, 0.3) is 5.91 Å². The highest BCUT2D eigenvalue weighted by Crippen LogP contribution is 2.45. The molecular weight excluding hydrogens is 456 g/mol. The van der Waals surface area contributed by atoms with E-state index >= 15 is 0 Å². The summed E-state index contributed by atoms with van der Waals surface area (Å²) in [5.41, 5.74) is 2.34. The normalized spacial score (nSPS) is 23.4. The zero-order chi connectivity index (χ0) is 24.9. The van der Waals surface area contributed by atoms with Gasteiger partial charge in [-0.05, 0) is 23.6 Å². The summed E-state index contributed by atoms with van der Waals surface area (Å²) in [6.07, 6.45) is 0.130. The number of carbonyl (C=O) groups excluding carboxylic acids is 2. The molecule has 0 aliphatic carbocycles. The molecule has 0 saturated carbocycles. The van der Waals surface area contributed by atoms with Crippen LogP contribution in [-0.4, -0.2) is 61.9 Å². The van der Waals surface area contributed by atoms with Gasteiger partial charge in [0.05, 0.1) is 28.7 Å². The molecule has 0 N–H and O–H groups in total. The number of carbonyl (C=O) groups is 2. The number of nitrogens with zero attached hydrogens (tertiary/aromatic N) is 2. The maximum Gasteiger partial charge on any atom is 0.411 e. The summed E-state index contributed by atoms with van der Waals surface area (Å²) >= 11 is 0. The van der Waals surface area contributed by atoms with Gasteiger partial charge >= 0.3 is 6.09 Å². The largest absolute Gasteiger partial charge is 0.447 e. The minimum Gasteiger partial charge on any atom is -0.447 e. The number of aryl methyl sites for hydroxylation is 1. The summed E-state index contributed by atoms with van der Waals surface area (Å²) in [5, 5.41) is 0.311. The van der Waals surface area contributed by atoms with Crippen molar-refractivity contribution in [2.75, 3.05) is 13.2 Å². The van der Waals surface area contributed by atoms with Crippen molar-refractivity contribution >= 4 is 28.1 Å². The van der Waals surface area contributed by atoms with E-state index in [1.54, 1.807) is 4.90 Å². The molecular formula is C27H38N2O3Si2. The van der Waals surface area contributed by atoms with Gasteiger partial charge in [-0.2, -0.15) is 0 Å². The first-order valence-corrected chi connectivity index (χ1v) is 19.4. The van der Waals surface area contributed by atoms with Crippen molar-refractivity contribution in [3.05, 3.63) is 71.3 Å². The van der Waals surface area contributed by atoms with Gasteiger partial charge in [-0.15, -0.1) is 0 Å². The van der Waals surface area contributed by atoms with Crippen LogP contribution in [0.4, 0.5) is 4.79 Å². The second-order valence-electron chi connectivity index (χ2n) is 12.1. The third-order valence-corrected chi connectivity index (χ3v) is 16.4. The van der Waals surface area contributed by atoms with Crippen LogP contribution in [0.2, 0.25) is 39.3 Å². The van der Waals surface area contributed by atoms with Crippen molar-refractivity contribution in [3.63, 3.8) is 0 Å². The lowest BCUT2D eigenvalue weighted by atomic mass is 9.79. The average Bonchev–Trinajstić information content (AvgIpc) is 3.14. The van der Waals surface area contributed by atoms with Crippen LogP contribution in [-0.2, 0) is 16.0 Å². The van der Waals surface area contributed by atoms with Crippen LogP contribution in [0.25, 0.3) is 0 Å². The van der Waals surface area contributed by atoms with E-state index in [0.29, 0.717) is 18.3 Å². The quantitative estimate of drug-likeness (QED) is 0.381. The lowest BCUT2D eigenvalue weighted by Crippen LogP contribution is -2.81. The second-order valence-corrected chi connectivity index (χ2v) is 23.2. The van der Waals surface area contributed by atoms with Crippen LogP contribution in [0.3, 0.4) is 0 Å². The minimum absolute atomic E-state index is 0.0883. The number of hydrogen-bond donors (Lipinski definition) is 0. The number of likely N-dealkylation sites (tertiary alicyclic amines) is 1. The fraction of sp³-hybridized carbons (Fsp3) is 0.481. The van der Waals surface area contributed by atoms with Gasteiger partial charge < -0.3 is 9.64 Å². The van der Waals surface area contributed by atoms with E-state index in [1.165, 1.54) is 0 Å². The number of benzene rings is 2. The fourth-order valence-electron chi connectivity index (χ4n) is 6.37. The first-order valence-electron chi connectivity index (χ1n) is 12.2. The van der Waals surface area contributed by atoms with E-state index < -0.39 is 21.7 Å². The molecule has 0 aromatic heterocycles. The van der Waals surface area contributed by atoms with Gasteiger partial charge in [0.2, 0.25) is 0 Å². The van der Waals surface area contributed by atoms with Gasteiger partial charge in [-0.1, -0.05) is 93.9 Å². The Balaban J connectivity index is 1.79. The summed E-state index contributed by atoms with van der Waals surface area (Å²) in [6, 6.07) is 17.9. The Morgan fingerprint density at radius 2 is 1.53 bits per heavy atom. The Bertz CT molecular complexity index is 1060. The average molecular weight is 495 g/mol. The van der Waals surface area contributed by atoms with Crippen LogP contribution < -0.4 is 0 Å². The number of hydrogen-bond acceptors (Lipinski definition) is 3. The molecule has 2 amide bonds. The molecule has 2 aromatic rings. The van der Waals surface area contributed by atoms with Gasteiger partial charge in [0.1, 0.15) is 12.1 Å². The monoisotopic (exact) mass is 494 g/mol. The third-order valence-electron chi connectivity index (χ3n) is 7.31. The summed E-state index contributed by atoms with van der Waals surface area (Å²) in [4.78, 5) is 31.5. The van der Waals surface area contributed by atoms with Gasteiger partial charge in [0, 0.05) is 11.7 Å². The van der Waals surface area contributed by atoms with E-state index in [2.05, 4.69) is 63.2 Å². The Morgan fingerprint density at radius 1 is 0.941 bits per heavy atom. The topological polar surface area (TPSA) is 49.9 Å². The SMILES string of the molecule is Cc1ccccc1C[C@]1(N2C(=O)OC[C@@H]2c2ccccc2)CN(C([Si](C)(C)C)[Si](C)(C)C)C1=O. The van der Waals surface area contributed by atoms with Crippen molar-refractivity contribution in [3.8, 4) is 0 Å². The van der Waals surface area contributed by atoms with E-state index in [1.807, 2.05) is 42.5 Å². The summed E-state index contributed by atoms with van der Waals surface area (Å²) in [5.74, 6) is 0.0883. The molecule has 0 unspecified atom stereocenters. The van der Waals surface area contributed by atoms with E-state index in [4.69, 9.17) is 4.74 Å². The van der Waals surface area contributed by atoms with Crippen molar-refractivity contribution in [2.45, 2.75) is 69.5 Å². The molecule has 2 aliphatic heterocycles. The highest BCUT2D eigenvalue weighted by molar-refractivity contribution is 6.96. The summed E-state index contributed by atoms with van der Waals surface area (Å²) in [7, 11) is -3.33. The number of ether oxygens (including phenoxy) is 1. The summed E-state index contributed by atoms with van der Waals surface area (Å²) < 4.78 is 5.59. The zero-order valence-electron chi connectivity index (χ0n) is 21.6. The molecule has 0 bridgehead atoms. The van der Waals surface area contributed by atoms with Crippen LogP contribution in [0.1, 0.15) is 22.7 Å². The molecule has 2 fully saturated rings. The smallest absolute Gasteiger partial charge is 0.411 e. The molecule has 2 aliphatic rings. The van der Waals surface area contributed by atoms with E-state index in [9.17, 15) is 9.59 Å². The Labute approximate surface area is 206 Å². The number of rotatable bonds is 7. The maximum atomic E-state index is 14.4. The molecule has 0 spiro atoms. The molecule has 2 heterocycles. The van der Waals surface area contributed by atoms with E-state index in [-0.39, 0.29) is 24.6 Å². The van der Waals surface area contributed by atoms with Crippen molar-refractivity contribution in [1.82, 2.24) is 9.80 Å². The number of cyclic esters (lactones) is 1. The molecule has 2 saturated heterocycles. The van der Waals surface area contributed by atoms with Crippen LogP contribution in [0.15, 0.2) is 54.6 Å². The fourth-order valence-corrected chi connectivity index (χ4v) is 19.1.